The summed E-state index contributed by atoms with van der Waals surface area (Å²) in [7, 11) is 1.66. The Morgan fingerprint density at radius 3 is 2.21 bits per heavy atom. The number of hydrogen-bond acceptors (Lipinski definition) is 9. The van der Waals surface area contributed by atoms with Crippen LogP contribution in [0.5, 0.6) is 11.5 Å². The molecule has 4 aromatic heterocycles. The Bertz CT molecular complexity index is 1700. The number of benzene rings is 2. The number of rotatable bonds is 6. The fourth-order valence-electron chi connectivity index (χ4n) is 3.40. The molecule has 0 atom stereocenters. The Balaban J connectivity index is 0.000000222. The molecule has 7 nitrogen and oxygen atoms in total. The number of ether oxygens (including phenoxy) is 2. The van der Waals surface area contributed by atoms with Crippen LogP contribution in [0.1, 0.15) is 5.56 Å². The number of thiophene rings is 2. The standard InChI is InChI=1S/C20H16BrN3O2S.C6H2BrClN2S/c1-25-15-7-5-13(6-8-15)11-26-16-4-2-3-14(9-16)24-20-19-17(22-12-23-20)10-18(21)27-19;7-4-1-3-5(11-4)6(8)10-2-9-3/h2-10,12H,11H2,1H3,(H,22,23,24);1-2H. The van der Waals surface area contributed by atoms with E-state index in [1.165, 1.54) is 17.7 Å². The number of nitrogens with one attached hydrogen (secondary N) is 1. The highest BCUT2D eigenvalue weighted by Gasteiger charge is 2.09. The van der Waals surface area contributed by atoms with E-state index >= 15 is 0 Å². The Morgan fingerprint density at radius 1 is 0.816 bits per heavy atom. The van der Waals surface area contributed by atoms with Gasteiger partial charge in [-0.15, -0.1) is 22.7 Å². The van der Waals surface area contributed by atoms with Crippen LogP contribution >= 0.6 is 66.1 Å². The van der Waals surface area contributed by atoms with Crippen LogP contribution in [-0.4, -0.2) is 27.0 Å². The second kappa shape index (κ2) is 12.4. The summed E-state index contributed by atoms with van der Waals surface area (Å²) in [4.78, 5) is 16.6. The molecule has 0 aliphatic rings. The highest BCUT2D eigenvalue weighted by atomic mass is 79.9. The van der Waals surface area contributed by atoms with Gasteiger partial charge in [0, 0.05) is 11.8 Å². The van der Waals surface area contributed by atoms with E-state index in [0.717, 1.165) is 56.6 Å². The lowest BCUT2D eigenvalue weighted by atomic mass is 10.2. The normalized spacial score (nSPS) is 10.7. The van der Waals surface area contributed by atoms with Gasteiger partial charge in [0.2, 0.25) is 0 Å². The highest BCUT2D eigenvalue weighted by molar-refractivity contribution is 9.11. The van der Waals surface area contributed by atoms with Crippen molar-refractivity contribution in [1.29, 1.82) is 0 Å². The molecule has 0 bridgehead atoms. The lowest BCUT2D eigenvalue weighted by Gasteiger charge is -2.10. The second-order valence-electron chi connectivity index (χ2n) is 7.71. The van der Waals surface area contributed by atoms with Gasteiger partial charge in [0.1, 0.15) is 35.9 Å². The molecular formula is C26H18Br2ClN5O2S2. The molecule has 0 radical (unpaired) electrons. The maximum absolute atomic E-state index is 5.92. The van der Waals surface area contributed by atoms with Crippen LogP contribution in [0, 0.1) is 0 Å². The molecule has 6 rings (SSSR count). The van der Waals surface area contributed by atoms with Crippen LogP contribution in [0.4, 0.5) is 11.5 Å². The quantitative estimate of drug-likeness (QED) is 0.175. The summed E-state index contributed by atoms with van der Waals surface area (Å²) < 4.78 is 15.1. The van der Waals surface area contributed by atoms with Gasteiger partial charge in [-0.1, -0.05) is 29.8 Å². The Labute approximate surface area is 248 Å². The van der Waals surface area contributed by atoms with Crippen LogP contribution in [0.3, 0.4) is 0 Å². The molecule has 0 saturated heterocycles. The van der Waals surface area contributed by atoms with Crippen LogP contribution in [-0.2, 0) is 6.61 Å². The van der Waals surface area contributed by atoms with Crippen LogP contribution in [0.25, 0.3) is 20.4 Å². The van der Waals surface area contributed by atoms with Crippen molar-refractivity contribution in [3.8, 4) is 11.5 Å². The lowest BCUT2D eigenvalue weighted by Crippen LogP contribution is -1.97. The first-order valence-electron chi connectivity index (χ1n) is 11.1. The largest absolute Gasteiger partial charge is 0.497 e. The molecule has 0 aliphatic heterocycles. The van der Waals surface area contributed by atoms with E-state index in [-0.39, 0.29) is 0 Å². The summed E-state index contributed by atoms with van der Waals surface area (Å²) >= 11 is 15.8. The van der Waals surface area contributed by atoms with Crippen molar-refractivity contribution < 1.29 is 9.47 Å². The maximum Gasteiger partial charge on any atom is 0.151 e. The fraction of sp³-hybridized carbons (Fsp3) is 0.0769. The van der Waals surface area contributed by atoms with Gasteiger partial charge in [-0.3, -0.25) is 0 Å². The fourth-order valence-corrected chi connectivity index (χ4v) is 6.56. The molecule has 1 N–H and O–H groups in total. The minimum atomic E-state index is 0.489. The molecule has 2 aromatic carbocycles. The smallest absolute Gasteiger partial charge is 0.151 e. The number of anilines is 2. The molecule has 4 heterocycles. The lowest BCUT2D eigenvalue weighted by molar-refractivity contribution is 0.306. The summed E-state index contributed by atoms with van der Waals surface area (Å²) in [5.74, 6) is 2.40. The molecule has 192 valence electrons. The van der Waals surface area contributed by atoms with Gasteiger partial charge in [0.15, 0.2) is 5.82 Å². The Morgan fingerprint density at radius 2 is 1.50 bits per heavy atom. The number of fused-ring (bicyclic) bond motifs is 2. The van der Waals surface area contributed by atoms with Crippen molar-refractivity contribution >= 4 is 98.1 Å². The first-order valence-corrected chi connectivity index (χ1v) is 14.7. The zero-order valence-electron chi connectivity index (χ0n) is 19.7. The molecule has 6 aromatic rings. The third-order valence-corrected chi connectivity index (χ3v) is 8.85. The summed E-state index contributed by atoms with van der Waals surface area (Å²) in [6.07, 6.45) is 3.03. The zero-order chi connectivity index (χ0) is 26.5. The monoisotopic (exact) mass is 689 g/mol. The van der Waals surface area contributed by atoms with E-state index < -0.39 is 0 Å². The van der Waals surface area contributed by atoms with Crippen molar-refractivity contribution in [2.24, 2.45) is 0 Å². The molecule has 38 heavy (non-hydrogen) atoms. The first kappa shape index (κ1) is 26.8. The van der Waals surface area contributed by atoms with Crippen molar-refractivity contribution in [1.82, 2.24) is 19.9 Å². The first-order chi connectivity index (χ1) is 18.5. The van der Waals surface area contributed by atoms with Gasteiger partial charge in [-0.05, 0) is 73.8 Å². The molecule has 12 heteroatoms. The van der Waals surface area contributed by atoms with E-state index in [9.17, 15) is 0 Å². The van der Waals surface area contributed by atoms with E-state index in [0.29, 0.717) is 11.8 Å². The minimum Gasteiger partial charge on any atom is -0.497 e. The van der Waals surface area contributed by atoms with Crippen molar-refractivity contribution in [2.45, 2.75) is 6.61 Å². The highest BCUT2D eigenvalue weighted by Crippen LogP contribution is 2.34. The third-order valence-electron chi connectivity index (χ3n) is 5.18. The Hall–Kier alpha value is -2.83. The number of hydrogen-bond donors (Lipinski definition) is 1. The van der Waals surface area contributed by atoms with E-state index in [1.54, 1.807) is 24.8 Å². The predicted molar refractivity (Wildman–Crippen MR) is 162 cm³/mol. The van der Waals surface area contributed by atoms with Gasteiger partial charge in [0.25, 0.3) is 0 Å². The van der Waals surface area contributed by atoms with E-state index in [1.807, 2.05) is 60.7 Å². The van der Waals surface area contributed by atoms with Gasteiger partial charge < -0.3 is 14.8 Å². The van der Waals surface area contributed by atoms with Crippen molar-refractivity contribution in [3.05, 3.63) is 91.6 Å². The van der Waals surface area contributed by atoms with Crippen molar-refractivity contribution in [3.63, 3.8) is 0 Å². The zero-order valence-corrected chi connectivity index (χ0v) is 25.3. The number of halogens is 3. The van der Waals surface area contributed by atoms with Crippen molar-refractivity contribution in [2.75, 3.05) is 12.4 Å². The maximum atomic E-state index is 5.92. The average molecular weight is 692 g/mol. The van der Waals surface area contributed by atoms with Gasteiger partial charge in [0.05, 0.1) is 35.1 Å². The summed E-state index contributed by atoms with van der Waals surface area (Å²) in [6.45, 7) is 0.489. The van der Waals surface area contributed by atoms with Gasteiger partial charge >= 0.3 is 0 Å². The molecule has 0 fully saturated rings. The average Bonchev–Trinajstić information content (AvgIpc) is 3.51. The summed E-state index contributed by atoms with van der Waals surface area (Å²) in [5, 5.41) is 3.88. The summed E-state index contributed by atoms with van der Waals surface area (Å²) in [6, 6.07) is 19.6. The molecule has 0 aliphatic carbocycles. The van der Waals surface area contributed by atoms with E-state index in [4.69, 9.17) is 21.1 Å². The number of nitrogens with zero attached hydrogens (tertiary/aromatic N) is 4. The summed E-state index contributed by atoms with van der Waals surface area (Å²) in [5.41, 5.74) is 3.79. The minimum absolute atomic E-state index is 0.489. The molecule has 0 amide bonds. The van der Waals surface area contributed by atoms with Gasteiger partial charge in [-0.2, -0.15) is 0 Å². The topological polar surface area (TPSA) is 82.0 Å². The molecule has 0 unspecified atom stereocenters. The number of aromatic nitrogens is 4. The molecule has 0 spiro atoms. The Kier molecular flexibility index (Phi) is 8.70. The van der Waals surface area contributed by atoms with Crippen LogP contribution in [0.15, 0.2) is 80.9 Å². The van der Waals surface area contributed by atoms with Crippen LogP contribution < -0.4 is 14.8 Å². The van der Waals surface area contributed by atoms with Crippen LogP contribution in [0.2, 0.25) is 5.15 Å². The second-order valence-corrected chi connectivity index (χ2v) is 12.9. The predicted octanol–water partition coefficient (Wildman–Crippen LogP) is 8.89. The number of methoxy groups -OCH3 is 1. The third kappa shape index (κ3) is 6.59. The van der Waals surface area contributed by atoms with Gasteiger partial charge in [-0.25, -0.2) is 19.9 Å². The molecular weight excluding hydrogens is 674 g/mol. The molecule has 0 saturated carbocycles. The SMILES string of the molecule is COc1ccc(COc2cccc(Nc3ncnc4cc(Br)sc34)c2)cc1.Clc1ncnc2cc(Br)sc12. The van der Waals surface area contributed by atoms with E-state index in [2.05, 4.69) is 57.1 Å².